The number of carbonyl (C=O) groups excluding carboxylic acids is 1. The molecule has 1 heterocycles. The molecule has 0 amide bonds. The van der Waals surface area contributed by atoms with Crippen LogP contribution in [0, 0.1) is 0 Å². The van der Waals surface area contributed by atoms with Crippen molar-refractivity contribution in [3.8, 4) is 0 Å². The van der Waals surface area contributed by atoms with E-state index >= 15 is 0 Å². The van der Waals surface area contributed by atoms with E-state index in [-0.39, 0.29) is 16.4 Å². The normalized spacial score (nSPS) is 10.5. The number of halogens is 4. The van der Waals surface area contributed by atoms with Gasteiger partial charge >= 0.3 is 0 Å². The third-order valence-electron chi connectivity index (χ3n) is 1.27. The molecule has 0 bridgehead atoms. The van der Waals surface area contributed by atoms with Crippen LogP contribution in [0.4, 0.5) is 8.78 Å². The summed E-state index contributed by atoms with van der Waals surface area (Å²) in [5.74, 6) is 0. The van der Waals surface area contributed by atoms with E-state index in [1.807, 2.05) is 0 Å². The van der Waals surface area contributed by atoms with E-state index in [1.165, 1.54) is 0 Å². The molecule has 0 N–H and O–H groups in total. The lowest BCUT2D eigenvalue weighted by Gasteiger charge is -2.01. The Kier molecular flexibility index (Phi) is 3.17. The van der Waals surface area contributed by atoms with Gasteiger partial charge in [0.05, 0.1) is 0 Å². The first-order valence-corrected chi connectivity index (χ1v) is 3.92. The number of aromatic nitrogens is 1. The summed E-state index contributed by atoms with van der Waals surface area (Å²) >= 11 is 10.4. The molecular weight excluding hydrogens is 223 g/mol. The molecule has 0 radical (unpaired) electrons. The van der Waals surface area contributed by atoms with Gasteiger partial charge in [-0.15, -0.1) is 0 Å². The maximum absolute atomic E-state index is 12.1. The summed E-state index contributed by atoms with van der Waals surface area (Å²) in [6.45, 7) is 0. The van der Waals surface area contributed by atoms with Crippen molar-refractivity contribution in [2.45, 2.75) is 6.43 Å². The van der Waals surface area contributed by atoms with Crippen molar-refractivity contribution in [2.24, 2.45) is 0 Å². The number of nitrogens with zero attached hydrogens (tertiary/aromatic N) is 1. The lowest BCUT2D eigenvalue weighted by atomic mass is 10.2. The summed E-state index contributed by atoms with van der Waals surface area (Å²) in [6, 6.07) is 1.89. The third-order valence-corrected chi connectivity index (χ3v) is 1.66. The SMILES string of the molecule is O=C(Cl)c1cc(C(F)F)cc(Cl)n1. The Balaban J connectivity index is 3.19. The Bertz CT molecular complexity index is 343. The topological polar surface area (TPSA) is 30.0 Å². The minimum absolute atomic E-state index is 0.179. The molecule has 0 aliphatic rings. The Morgan fingerprint density at radius 3 is 2.54 bits per heavy atom. The van der Waals surface area contributed by atoms with Gasteiger partial charge in [0.1, 0.15) is 10.8 Å². The maximum atomic E-state index is 12.1. The number of hydrogen-bond acceptors (Lipinski definition) is 2. The van der Waals surface area contributed by atoms with E-state index in [0.29, 0.717) is 0 Å². The molecular formula is C7H3Cl2F2NO. The van der Waals surface area contributed by atoms with Gasteiger partial charge in [-0.1, -0.05) is 11.6 Å². The van der Waals surface area contributed by atoms with Gasteiger partial charge < -0.3 is 0 Å². The minimum Gasteiger partial charge on any atom is -0.274 e. The highest BCUT2D eigenvalue weighted by atomic mass is 35.5. The average molecular weight is 226 g/mol. The summed E-state index contributed by atoms with van der Waals surface area (Å²) in [5.41, 5.74) is -0.645. The number of hydrogen-bond donors (Lipinski definition) is 0. The van der Waals surface area contributed by atoms with E-state index in [9.17, 15) is 13.6 Å². The van der Waals surface area contributed by atoms with Gasteiger partial charge in [0, 0.05) is 5.56 Å². The summed E-state index contributed by atoms with van der Waals surface area (Å²) in [5, 5.41) is -1.09. The molecule has 1 aromatic heterocycles. The Morgan fingerprint density at radius 1 is 1.46 bits per heavy atom. The zero-order chi connectivity index (χ0) is 10.0. The molecule has 0 aromatic carbocycles. The molecule has 0 saturated carbocycles. The molecule has 70 valence electrons. The van der Waals surface area contributed by atoms with Crippen LogP contribution < -0.4 is 0 Å². The van der Waals surface area contributed by atoms with E-state index in [1.54, 1.807) is 0 Å². The van der Waals surface area contributed by atoms with E-state index in [2.05, 4.69) is 4.98 Å². The summed E-state index contributed by atoms with van der Waals surface area (Å²) in [6.07, 6.45) is -2.70. The number of pyridine rings is 1. The Labute approximate surface area is 82.5 Å². The van der Waals surface area contributed by atoms with Crippen molar-refractivity contribution < 1.29 is 13.6 Å². The van der Waals surface area contributed by atoms with Gasteiger partial charge in [0.25, 0.3) is 11.7 Å². The van der Waals surface area contributed by atoms with Crippen molar-refractivity contribution in [1.82, 2.24) is 4.98 Å². The minimum atomic E-state index is -2.70. The molecule has 0 fully saturated rings. The Hall–Kier alpha value is -0.740. The fraction of sp³-hybridized carbons (Fsp3) is 0.143. The monoisotopic (exact) mass is 225 g/mol. The lowest BCUT2D eigenvalue weighted by molar-refractivity contribution is 0.107. The Morgan fingerprint density at radius 2 is 2.08 bits per heavy atom. The first-order chi connectivity index (χ1) is 6.00. The predicted octanol–water partition coefficient (Wildman–Crippen LogP) is 3.05. The van der Waals surface area contributed by atoms with Gasteiger partial charge in [-0.2, -0.15) is 0 Å². The molecule has 6 heteroatoms. The molecule has 0 atom stereocenters. The largest absolute Gasteiger partial charge is 0.274 e. The highest BCUT2D eigenvalue weighted by Gasteiger charge is 2.13. The van der Waals surface area contributed by atoms with Crippen molar-refractivity contribution in [3.05, 3.63) is 28.5 Å². The fourth-order valence-corrected chi connectivity index (χ4v) is 1.06. The first-order valence-electron chi connectivity index (χ1n) is 3.16. The zero-order valence-electron chi connectivity index (χ0n) is 6.10. The summed E-state index contributed by atoms with van der Waals surface area (Å²) in [7, 11) is 0. The maximum Gasteiger partial charge on any atom is 0.270 e. The zero-order valence-corrected chi connectivity index (χ0v) is 7.61. The predicted molar refractivity (Wildman–Crippen MR) is 44.4 cm³/mol. The van der Waals surface area contributed by atoms with Crippen molar-refractivity contribution in [3.63, 3.8) is 0 Å². The van der Waals surface area contributed by atoms with Crippen LogP contribution in [-0.2, 0) is 0 Å². The van der Waals surface area contributed by atoms with E-state index in [4.69, 9.17) is 23.2 Å². The quantitative estimate of drug-likeness (QED) is 0.572. The van der Waals surface area contributed by atoms with Crippen molar-refractivity contribution in [1.29, 1.82) is 0 Å². The molecule has 0 spiro atoms. The summed E-state index contributed by atoms with van der Waals surface area (Å²) < 4.78 is 24.3. The molecule has 13 heavy (non-hydrogen) atoms. The van der Waals surface area contributed by atoms with Crippen LogP contribution in [0.2, 0.25) is 5.15 Å². The van der Waals surface area contributed by atoms with E-state index < -0.39 is 11.7 Å². The molecule has 0 aliphatic carbocycles. The highest BCUT2D eigenvalue weighted by Crippen LogP contribution is 2.22. The molecule has 0 saturated heterocycles. The second-order valence-corrected chi connectivity index (χ2v) is 2.91. The standard InChI is InChI=1S/C7H3Cl2F2NO/c8-5-2-3(7(10)11)1-4(12-5)6(9)13/h1-2,7H. The van der Waals surface area contributed by atoms with Crippen LogP contribution in [0.3, 0.4) is 0 Å². The van der Waals surface area contributed by atoms with Gasteiger partial charge in [-0.05, 0) is 23.7 Å². The van der Waals surface area contributed by atoms with Crippen LogP contribution in [-0.4, -0.2) is 10.2 Å². The molecule has 1 aromatic rings. The van der Waals surface area contributed by atoms with Gasteiger partial charge in [0.2, 0.25) is 0 Å². The van der Waals surface area contributed by atoms with Crippen molar-refractivity contribution >= 4 is 28.4 Å². The second-order valence-electron chi connectivity index (χ2n) is 2.18. The highest BCUT2D eigenvalue weighted by molar-refractivity contribution is 6.67. The van der Waals surface area contributed by atoms with Crippen LogP contribution >= 0.6 is 23.2 Å². The number of rotatable bonds is 2. The second kappa shape index (κ2) is 3.98. The van der Waals surface area contributed by atoms with Gasteiger partial charge in [-0.3, -0.25) is 4.79 Å². The smallest absolute Gasteiger partial charge is 0.270 e. The van der Waals surface area contributed by atoms with Gasteiger partial charge in [-0.25, -0.2) is 13.8 Å². The van der Waals surface area contributed by atoms with E-state index in [0.717, 1.165) is 12.1 Å². The summed E-state index contributed by atoms with van der Waals surface area (Å²) in [4.78, 5) is 14.0. The molecule has 2 nitrogen and oxygen atoms in total. The van der Waals surface area contributed by atoms with Crippen LogP contribution in [0.25, 0.3) is 0 Å². The number of alkyl halides is 2. The van der Waals surface area contributed by atoms with Crippen molar-refractivity contribution in [2.75, 3.05) is 0 Å². The molecule has 0 aliphatic heterocycles. The lowest BCUT2D eigenvalue weighted by Crippen LogP contribution is -1.97. The molecule has 0 unspecified atom stereocenters. The van der Waals surface area contributed by atoms with Crippen LogP contribution in [0.15, 0.2) is 12.1 Å². The first kappa shape index (κ1) is 10.3. The number of carbonyl (C=O) groups is 1. The third kappa shape index (κ3) is 2.60. The molecule has 1 rings (SSSR count). The average Bonchev–Trinajstić information content (AvgIpc) is 2.03. The van der Waals surface area contributed by atoms with Crippen LogP contribution in [0.5, 0.6) is 0 Å². The van der Waals surface area contributed by atoms with Gasteiger partial charge in [0.15, 0.2) is 0 Å². The van der Waals surface area contributed by atoms with Crippen LogP contribution in [0.1, 0.15) is 22.5 Å². The fourth-order valence-electron chi connectivity index (χ4n) is 0.743.